The van der Waals surface area contributed by atoms with Crippen molar-refractivity contribution in [1.82, 2.24) is 0 Å². The number of anilines is 2. The van der Waals surface area contributed by atoms with Gasteiger partial charge in [0.25, 0.3) is 0 Å². The number of phenols is 2. The van der Waals surface area contributed by atoms with Crippen molar-refractivity contribution in [3.8, 4) is 11.5 Å². The Morgan fingerprint density at radius 3 is 1.91 bits per heavy atom. The van der Waals surface area contributed by atoms with Gasteiger partial charge in [-0.2, -0.15) is 0 Å². The number of rotatable bonds is 4. The van der Waals surface area contributed by atoms with Crippen LogP contribution in [0.5, 0.6) is 11.5 Å². The highest BCUT2D eigenvalue weighted by Crippen LogP contribution is 2.26. The third kappa shape index (κ3) is 3.45. The first-order valence-corrected chi connectivity index (χ1v) is 6.16. The molecule has 0 bridgehead atoms. The Labute approximate surface area is 125 Å². The zero-order valence-electron chi connectivity index (χ0n) is 11.5. The van der Waals surface area contributed by atoms with Crippen LogP contribution in [0.4, 0.5) is 11.4 Å². The van der Waals surface area contributed by atoms with Gasteiger partial charge in [0.2, 0.25) is 0 Å². The summed E-state index contributed by atoms with van der Waals surface area (Å²) in [5.41, 5.74) is 0.653. The standard InChI is InChI=1S/C15H13NO6/c1-22-15(21)9-3-11(7-13(18)5-9)16-10-2-8(14(19)20)4-12(17)6-10/h2-7,16-18H,1H3,(H,19,20). The van der Waals surface area contributed by atoms with Gasteiger partial charge in [-0.25, -0.2) is 9.59 Å². The summed E-state index contributed by atoms with van der Waals surface area (Å²) in [6.45, 7) is 0. The van der Waals surface area contributed by atoms with Gasteiger partial charge in [0.15, 0.2) is 0 Å². The molecule has 4 N–H and O–H groups in total. The van der Waals surface area contributed by atoms with Gasteiger partial charge in [-0.05, 0) is 24.3 Å². The minimum Gasteiger partial charge on any atom is -0.508 e. The fourth-order valence-corrected chi connectivity index (χ4v) is 1.89. The van der Waals surface area contributed by atoms with Crippen LogP contribution in [0, 0.1) is 0 Å². The summed E-state index contributed by atoms with van der Waals surface area (Å²) in [4.78, 5) is 22.4. The van der Waals surface area contributed by atoms with E-state index in [-0.39, 0.29) is 22.6 Å². The zero-order chi connectivity index (χ0) is 16.3. The molecule has 0 unspecified atom stereocenters. The number of carbonyl (C=O) groups is 2. The number of methoxy groups -OCH3 is 1. The molecule has 0 radical (unpaired) electrons. The lowest BCUT2D eigenvalue weighted by atomic mass is 10.1. The summed E-state index contributed by atoms with van der Waals surface area (Å²) < 4.78 is 4.57. The minimum atomic E-state index is -1.19. The highest BCUT2D eigenvalue weighted by Gasteiger charge is 2.10. The number of nitrogens with one attached hydrogen (secondary N) is 1. The molecular weight excluding hydrogens is 290 g/mol. The fraction of sp³-hybridized carbons (Fsp3) is 0.0667. The molecule has 2 aromatic carbocycles. The first-order chi connectivity index (χ1) is 10.4. The molecule has 2 aromatic rings. The third-order valence-electron chi connectivity index (χ3n) is 2.79. The fourth-order valence-electron chi connectivity index (χ4n) is 1.89. The van der Waals surface area contributed by atoms with Crippen LogP contribution in [-0.4, -0.2) is 34.4 Å². The van der Waals surface area contributed by atoms with Crippen molar-refractivity contribution in [1.29, 1.82) is 0 Å². The Bertz CT molecular complexity index is 741. The van der Waals surface area contributed by atoms with Crippen LogP contribution < -0.4 is 5.32 Å². The molecule has 0 spiro atoms. The number of carboxylic acid groups (broad SMARTS) is 1. The van der Waals surface area contributed by atoms with Gasteiger partial charge in [0.05, 0.1) is 18.2 Å². The Morgan fingerprint density at radius 2 is 1.41 bits per heavy atom. The van der Waals surface area contributed by atoms with Crippen molar-refractivity contribution >= 4 is 23.3 Å². The maximum atomic E-state index is 11.5. The second kappa shape index (κ2) is 6.04. The minimum absolute atomic E-state index is 0.101. The highest BCUT2D eigenvalue weighted by atomic mass is 16.5. The largest absolute Gasteiger partial charge is 0.508 e. The van der Waals surface area contributed by atoms with Crippen molar-refractivity contribution in [2.24, 2.45) is 0 Å². The van der Waals surface area contributed by atoms with E-state index in [1.165, 1.54) is 37.4 Å². The van der Waals surface area contributed by atoms with Gasteiger partial charge in [0.1, 0.15) is 11.5 Å². The third-order valence-corrected chi connectivity index (χ3v) is 2.79. The summed E-state index contributed by atoms with van der Waals surface area (Å²) in [6.07, 6.45) is 0. The highest BCUT2D eigenvalue weighted by molar-refractivity contribution is 5.92. The average Bonchev–Trinajstić information content (AvgIpc) is 2.45. The van der Waals surface area contributed by atoms with Crippen molar-refractivity contribution in [2.75, 3.05) is 12.4 Å². The van der Waals surface area contributed by atoms with Crippen molar-refractivity contribution in [3.05, 3.63) is 47.5 Å². The summed E-state index contributed by atoms with van der Waals surface area (Å²) in [7, 11) is 1.22. The molecule has 0 aliphatic carbocycles. The molecule has 2 rings (SSSR count). The van der Waals surface area contributed by atoms with Crippen molar-refractivity contribution < 1.29 is 29.6 Å². The number of phenolic OH excluding ortho intramolecular Hbond substituents is 2. The summed E-state index contributed by atoms with van der Waals surface area (Å²) >= 11 is 0. The van der Waals surface area contributed by atoms with E-state index in [0.717, 1.165) is 6.07 Å². The Hall–Kier alpha value is -3.22. The molecule has 7 nitrogen and oxygen atoms in total. The first-order valence-electron chi connectivity index (χ1n) is 6.16. The van der Waals surface area contributed by atoms with Gasteiger partial charge in [-0.3, -0.25) is 0 Å². The predicted octanol–water partition coefficient (Wildman–Crippen LogP) is 2.33. The topological polar surface area (TPSA) is 116 Å². The van der Waals surface area contributed by atoms with Crippen LogP contribution in [0.15, 0.2) is 36.4 Å². The summed E-state index contributed by atoms with van der Waals surface area (Å²) in [6, 6.07) is 7.74. The van der Waals surface area contributed by atoms with Gasteiger partial charge in [0, 0.05) is 23.5 Å². The number of carbonyl (C=O) groups excluding carboxylic acids is 1. The van der Waals surface area contributed by atoms with E-state index >= 15 is 0 Å². The van der Waals surface area contributed by atoms with E-state index in [9.17, 15) is 19.8 Å². The van der Waals surface area contributed by atoms with Gasteiger partial charge >= 0.3 is 11.9 Å². The molecule has 7 heteroatoms. The lowest BCUT2D eigenvalue weighted by Crippen LogP contribution is -2.02. The predicted molar refractivity (Wildman–Crippen MR) is 77.8 cm³/mol. The Morgan fingerprint density at radius 1 is 0.909 bits per heavy atom. The maximum Gasteiger partial charge on any atom is 0.338 e. The lowest BCUT2D eigenvalue weighted by molar-refractivity contribution is 0.0599. The number of benzene rings is 2. The monoisotopic (exact) mass is 303 g/mol. The van der Waals surface area contributed by atoms with E-state index < -0.39 is 11.9 Å². The maximum absolute atomic E-state index is 11.5. The van der Waals surface area contributed by atoms with Gasteiger partial charge < -0.3 is 25.4 Å². The van der Waals surface area contributed by atoms with E-state index in [1.807, 2.05) is 0 Å². The molecule has 0 atom stereocenters. The molecule has 0 heterocycles. The molecule has 0 aromatic heterocycles. The molecular formula is C15H13NO6. The summed E-state index contributed by atoms with van der Waals surface area (Å²) in [5.74, 6) is -2.20. The van der Waals surface area contributed by atoms with Crippen LogP contribution in [0.25, 0.3) is 0 Å². The number of carboxylic acids is 1. The number of aromatic hydroxyl groups is 2. The average molecular weight is 303 g/mol. The molecule has 0 aliphatic rings. The number of ether oxygens (including phenoxy) is 1. The van der Waals surface area contributed by atoms with Crippen LogP contribution in [0.2, 0.25) is 0 Å². The number of hydrogen-bond acceptors (Lipinski definition) is 6. The van der Waals surface area contributed by atoms with Gasteiger partial charge in [-0.1, -0.05) is 0 Å². The molecule has 0 saturated heterocycles. The van der Waals surface area contributed by atoms with Gasteiger partial charge in [-0.15, -0.1) is 0 Å². The first kappa shape index (κ1) is 15.2. The van der Waals surface area contributed by atoms with Crippen LogP contribution in [0.3, 0.4) is 0 Å². The van der Waals surface area contributed by atoms with Crippen LogP contribution >= 0.6 is 0 Å². The second-order valence-electron chi connectivity index (χ2n) is 4.46. The lowest BCUT2D eigenvalue weighted by Gasteiger charge is -2.10. The number of esters is 1. The molecule has 0 aliphatic heterocycles. The SMILES string of the molecule is COC(=O)c1cc(O)cc(Nc2cc(O)cc(C(=O)O)c2)c1. The molecule has 0 fully saturated rings. The Balaban J connectivity index is 2.36. The smallest absolute Gasteiger partial charge is 0.338 e. The van der Waals surface area contributed by atoms with E-state index in [0.29, 0.717) is 11.4 Å². The van der Waals surface area contributed by atoms with Crippen LogP contribution in [0.1, 0.15) is 20.7 Å². The van der Waals surface area contributed by atoms with E-state index in [2.05, 4.69) is 10.1 Å². The summed E-state index contributed by atoms with van der Waals surface area (Å²) in [5, 5.41) is 30.9. The van der Waals surface area contributed by atoms with Crippen molar-refractivity contribution in [2.45, 2.75) is 0 Å². The Kier molecular flexibility index (Phi) is 4.17. The number of aromatic carboxylic acids is 1. The van der Waals surface area contributed by atoms with Crippen molar-refractivity contribution in [3.63, 3.8) is 0 Å². The normalized spacial score (nSPS) is 10.0. The zero-order valence-corrected chi connectivity index (χ0v) is 11.5. The molecule has 114 valence electrons. The van der Waals surface area contributed by atoms with E-state index in [4.69, 9.17) is 5.11 Å². The molecule has 22 heavy (non-hydrogen) atoms. The molecule has 0 saturated carbocycles. The second-order valence-corrected chi connectivity index (χ2v) is 4.46. The number of hydrogen-bond donors (Lipinski definition) is 4. The van der Waals surface area contributed by atoms with Crippen LogP contribution in [-0.2, 0) is 4.74 Å². The quantitative estimate of drug-likeness (QED) is 0.640. The molecule has 0 amide bonds. The van der Waals surface area contributed by atoms with E-state index in [1.54, 1.807) is 0 Å².